The molecule has 0 bridgehead atoms. The Morgan fingerprint density at radius 3 is 2.93 bits per heavy atom. The summed E-state index contributed by atoms with van der Waals surface area (Å²) in [5, 5.41) is 3.49. The Labute approximate surface area is 176 Å². The van der Waals surface area contributed by atoms with E-state index in [1.54, 1.807) is 24.0 Å². The third-order valence-corrected chi connectivity index (χ3v) is 5.94. The number of hydrogen-bond donors (Lipinski definition) is 0. The highest BCUT2D eigenvalue weighted by Gasteiger charge is 2.29. The maximum absolute atomic E-state index is 13.1. The van der Waals surface area contributed by atoms with Crippen LogP contribution in [0.5, 0.6) is 0 Å². The van der Waals surface area contributed by atoms with Crippen molar-refractivity contribution in [3.63, 3.8) is 0 Å². The van der Waals surface area contributed by atoms with Crippen LogP contribution in [0.4, 0.5) is 5.13 Å². The smallest absolute Gasteiger partial charge is 0.282 e. The van der Waals surface area contributed by atoms with E-state index in [4.69, 9.17) is 32.4 Å². The second-order valence-electron chi connectivity index (χ2n) is 6.45. The van der Waals surface area contributed by atoms with E-state index in [1.165, 1.54) is 17.7 Å². The number of thiazole rings is 1. The molecule has 6 nitrogen and oxygen atoms in total. The van der Waals surface area contributed by atoms with Gasteiger partial charge >= 0.3 is 0 Å². The van der Waals surface area contributed by atoms with E-state index < -0.39 is 0 Å². The lowest BCUT2D eigenvalue weighted by atomic mass is 10.2. The maximum Gasteiger partial charge on any atom is 0.282 e. The first-order valence-corrected chi connectivity index (χ1v) is 10.4. The molecule has 0 aliphatic carbocycles. The first-order chi connectivity index (χ1) is 13.5. The number of rotatable bonds is 5. The molecule has 2 aromatic heterocycles. The fraction of sp³-hybridized carbons (Fsp3) is 0.316. The molecule has 0 spiro atoms. The molecule has 0 saturated carbocycles. The number of carbonyl (C=O) groups is 1. The molecule has 3 aromatic rings. The Balaban J connectivity index is 1.67. The maximum atomic E-state index is 13.1. The molecule has 0 N–H and O–H groups in total. The number of hydrogen-bond acceptors (Lipinski definition) is 6. The van der Waals surface area contributed by atoms with E-state index >= 15 is 0 Å². The van der Waals surface area contributed by atoms with E-state index in [-0.39, 0.29) is 17.7 Å². The molecule has 9 heteroatoms. The Morgan fingerprint density at radius 2 is 2.25 bits per heavy atom. The number of amides is 1. The number of oxazole rings is 1. The molecule has 1 unspecified atom stereocenters. The predicted molar refractivity (Wildman–Crippen MR) is 109 cm³/mol. The van der Waals surface area contributed by atoms with Crippen LogP contribution in [-0.4, -0.2) is 35.1 Å². The van der Waals surface area contributed by atoms with Gasteiger partial charge in [0.1, 0.15) is 5.76 Å². The van der Waals surface area contributed by atoms with E-state index in [1.807, 2.05) is 11.4 Å². The van der Waals surface area contributed by atoms with Crippen LogP contribution in [0.25, 0.3) is 11.3 Å². The molecule has 1 atom stereocenters. The van der Waals surface area contributed by atoms with Crippen molar-refractivity contribution in [2.75, 3.05) is 18.1 Å². The zero-order chi connectivity index (χ0) is 19.7. The largest absolute Gasteiger partial charge is 0.448 e. The average molecular weight is 438 g/mol. The number of ether oxygens (including phenoxy) is 1. The van der Waals surface area contributed by atoms with Crippen LogP contribution in [0.1, 0.15) is 29.1 Å². The molecule has 3 heterocycles. The van der Waals surface area contributed by atoms with Crippen LogP contribution in [0.2, 0.25) is 10.0 Å². The van der Waals surface area contributed by atoms with Crippen LogP contribution < -0.4 is 4.90 Å². The summed E-state index contributed by atoms with van der Waals surface area (Å²) in [7, 11) is 0. The number of anilines is 1. The Morgan fingerprint density at radius 1 is 1.39 bits per heavy atom. The van der Waals surface area contributed by atoms with Gasteiger partial charge in [0.15, 0.2) is 17.2 Å². The number of nitrogens with zero attached hydrogens (tertiary/aromatic N) is 3. The normalized spacial score (nSPS) is 16.5. The van der Waals surface area contributed by atoms with Crippen molar-refractivity contribution < 1.29 is 13.9 Å². The third-order valence-electron chi connectivity index (χ3n) is 4.53. The molecule has 28 heavy (non-hydrogen) atoms. The van der Waals surface area contributed by atoms with Gasteiger partial charge in [-0.25, -0.2) is 9.97 Å². The minimum absolute atomic E-state index is 0.0253. The summed E-state index contributed by atoms with van der Waals surface area (Å²) in [6.07, 6.45) is 3.14. The van der Waals surface area contributed by atoms with Gasteiger partial charge in [0.2, 0.25) is 0 Å². The summed E-state index contributed by atoms with van der Waals surface area (Å²) >= 11 is 13.7. The van der Waals surface area contributed by atoms with Crippen LogP contribution >= 0.6 is 34.5 Å². The summed E-state index contributed by atoms with van der Waals surface area (Å²) in [5.74, 6) is 0.213. The average Bonchev–Trinajstić information content (AvgIpc) is 3.41. The molecular weight excluding hydrogens is 421 g/mol. The highest BCUT2D eigenvalue weighted by molar-refractivity contribution is 7.14. The van der Waals surface area contributed by atoms with E-state index in [0.717, 1.165) is 18.4 Å². The zero-order valence-corrected chi connectivity index (χ0v) is 17.4. The van der Waals surface area contributed by atoms with Crippen molar-refractivity contribution in [1.82, 2.24) is 9.97 Å². The van der Waals surface area contributed by atoms with Crippen molar-refractivity contribution in [1.29, 1.82) is 0 Å². The molecule has 4 rings (SSSR count). The van der Waals surface area contributed by atoms with Gasteiger partial charge in [0, 0.05) is 22.6 Å². The summed E-state index contributed by atoms with van der Waals surface area (Å²) < 4.78 is 10.9. The van der Waals surface area contributed by atoms with Crippen LogP contribution in [0, 0.1) is 6.92 Å². The first-order valence-electron chi connectivity index (χ1n) is 8.77. The van der Waals surface area contributed by atoms with Gasteiger partial charge in [-0.15, -0.1) is 11.3 Å². The molecule has 146 valence electrons. The number of halogens is 2. The van der Waals surface area contributed by atoms with Crippen molar-refractivity contribution in [2.24, 2.45) is 0 Å². The molecule has 1 saturated heterocycles. The van der Waals surface area contributed by atoms with E-state index in [0.29, 0.717) is 39.8 Å². The number of aromatic nitrogens is 2. The van der Waals surface area contributed by atoms with Gasteiger partial charge in [-0.1, -0.05) is 23.2 Å². The minimum Gasteiger partial charge on any atom is -0.448 e. The summed E-state index contributed by atoms with van der Waals surface area (Å²) in [5.41, 5.74) is 1.72. The monoisotopic (exact) mass is 437 g/mol. The lowest BCUT2D eigenvalue weighted by Crippen LogP contribution is -2.38. The molecule has 1 aliphatic heterocycles. The molecule has 0 radical (unpaired) electrons. The number of carbonyl (C=O) groups excluding carboxylic acids is 1. The molecule has 1 fully saturated rings. The van der Waals surface area contributed by atoms with E-state index in [2.05, 4.69) is 9.97 Å². The van der Waals surface area contributed by atoms with Crippen LogP contribution in [0.15, 0.2) is 34.4 Å². The molecule has 1 aromatic carbocycles. The summed E-state index contributed by atoms with van der Waals surface area (Å²) in [6, 6.07) is 5.25. The predicted octanol–water partition coefficient (Wildman–Crippen LogP) is 5.24. The van der Waals surface area contributed by atoms with Gasteiger partial charge in [-0.05, 0) is 38.0 Å². The fourth-order valence-corrected chi connectivity index (χ4v) is 4.43. The molecule has 1 amide bonds. The second kappa shape index (κ2) is 8.21. The van der Waals surface area contributed by atoms with Crippen molar-refractivity contribution in [2.45, 2.75) is 25.9 Å². The Kier molecular flexibility index (Phi) is 5.68. The third kappa shape index (κ3) is 3.93. The Hall–Kier alpha value is -1.93. The number of benzene rings is 1. The van der Waals surface area contributed by atoms with Gasteiger partial charge in [0.25, 0.3) is 5.91 Å². The van der Waals surface area contributed by atoms with Crippen molar-refractivity contribution in [3.05, 3.63) is 51.5 Å². The first kappa shape index (κ1) is 19.4. The second-order valence-corrected chi connectivity index (χ2v) is 8.13. The highest BCUT2D eigenvalue weighted by Crippen LogP contribution is 2.34. The summed E-state index contributed by atoms with van der Waals surface area (Å²) in [6.45, 7) is 2.83. The van der Waals surface area contributed by atoms with Crippen LogP contribution in [-0.2, 0) is 4.74 Å². The lowest BCUT2D eigenvalue weighted by molar-refractivity contribution is 0.0912. The quantitative estimate of drug-likeness (QED) is 0.545. The van der Waals surface area contributed by atoms with Crippen molar-refractivity contribution >= 4 is 45.6 Å². The zero-order valence-electron chi connectivity index (χ0n) is 15.0. The lowest BCUT2D eigenvalue weighted by Gasteiger charge is -2.22. The van der Waals surface area contributed by atoms with Gasteiger partial charge in [-0.2, -0.15) is 0 Å². The standard InChI is InChI=1S/C19H17Cl2N3O3S/c1-11-17(22-10-27-11)18(25)24(8-13-3-2-6-26-13)19-23-16(9-28-19)14-5-4-12(20)7-15(14)21/h4-5,7,9-10,13H,2-3,6,8H2,1H3. The van der Waals surface area contributed by atoms with Crippen molar-refractivity contribution in [3.8, 4) is 11.3 Å². The van der Waals surface area contributed by atoms with Gasteiger partial charge in [0.05, 0.1) is 23.4 Å². The fourth-order valence-electron chi connectivity index (χ4n) is 3.09. The minimum atomic E-state index is -0.259. The number of aryl methyl sites for hydroxylation is 1. The SMILES string of the molecule is Cc1ocnc1C(=O)N(CC1CCCO1)c1nc(-c2ccc(Cl)cc2Cl)cs1. The van der Waals surface area contributed by atoms with Gasteiger partial charge < -0.3 is 9.15 Å². The van der Waals surface area contributed by atoms with Gasteiger partial charge in [-0.3, -0.25) is 9.69 Å². The molecule has 1 aliphatic rings. The molecular formula is C19H17Cl2N3O3S. The van der Waals surface area contributed by atoms with E-state index in [9.17, 15) is 4.79 Å². The highest BCUT2D eigenvalue weighted by atomic mass is 35.5. The summed E-state index contributed by atoms with van der Waals surface area (Å²) in [4.78, 5) is 23.5. The van der Waals surface area contributed by atoms with Crippen LogP contribution in [0.3, 0.4) is 0 Å². The topological polar surface area (TPSA) is 68.5 Å². The Bertz CT molecular complexity index is 998.